The fourth-order valence-electron chi connectivity index (χ4n) is 2.80. The van der Waals surface area contributed by atoms with Gasteiger partial charge in [0, 0.05) is 17.6 Å². The number of carbonyl (C=O) groups is 1. The third kappa shape index (κ3) is 4.27. The minimum Gasteiger partial charge on any atom is -0.399 e. The molecule has 0 aromatic heterocycles. The van der Waals surface area contributed by atoms with Gasteiger partial charge in [-0.15, -0.1) is 0 Å². The summed E-state index contributed by atoms with van der Waals surface area (Å²) < 4.78 is 0. The van der Waals surface area contributed by atoms with Crippen molar-refractivity contribution in [3.05, 3.63) is 29.8 Å². The van der Waals surface area contributed by atoms with Crippen molar-refractivity contribution in [3.63, 3.8) is 0 Å². The number of amides is 1. The highest BCUT2D eigenvalue weighted by atomic mass is 16.1. The monoisotopic (exact) mass is 260 g/mol. The lowest BCUT2D eigenvalue weighted by molar-refractivity contribution is -0.123. The Morgan fingerprint density at radius 3 is 2.47 bits per heavy atom. The number of rotatable bonds is 4. The van der Waals surface area contributed by atoms with Crippen LogP contribution in [0.3, 0.4) is 0 Å². The second-order valence-corrected chi connectivity index (χ2v) is 5.91. The number of hydrogen-bond acceptors (Lipinski definition) is 2. The molecule has 1 aromatic carbocycles. The first-order valence-corrected chi connectivity index (χ1v) is 7.23. The zero-order valence-corrected chi connectivity index (χ0v) is 11.7. The standard InChI is InChI=1S/C16H24N2O/c1-16(11-3-2-4-12-16)18-15(19)10-7-13-5-8-14(17)9-6-13/h5-6,8-9H,2-4,7,10-12,17H2,1H3,(H,18,19). The Morgan fingerprint density at radius 2 is 1.84 bits per heavy atom. The maximum absolute atomic E-state index is 12.0. The van der Waals surface area contributed by atoms with Crippen LogP contribution >= 0.6 is 0 Å². The lowest BCUT2D eigenvalue weighted by Gasteiger charge is -2.34. The Morgan fingerprint density at radius 1 is 1.21 bits per heavy atom. The predicted octanol–water partition coefficient (Wildman–Crippen LogP) is 3.04. The van der Waals surface area contributed by atoms with Gasteiger partial charge in [-0.2, -0.15) is 0 Å². The van der Waals surface area contributed by atoms with Crippen LogP contribution in [0.15, 0.2) is 24.3 Å². The molecule has 0 spiro atoms. The van der Waals surface area contributed by atoms with Crippen molar-refractivity contribution in [2.24, 2.45) is 0 Å². The predicted molar refractivity (Wildman–Crippen MR) is 78.8 cm³/mol. The molecule has 1 aliphatic carbocycles. The summed E-state index contributed by atoms with van der Waals surface area (Å²) in [6.45, 7) is 2.17. The Balaban J connectivity index is 1.79. The fraction of sp³-hybridized carbons (Fsp3) is 0.562. The Kier molecular flexibility index (Phi) is 4.46. The summed E-state index contributed by atoms with van der Waals surface area (Å²) >= 11 is 0. The van der Waals surface area contributed by atoms with Crippen LogP contribution in [-0.4, -0.2) is 11.4 Å². The van der Waals surface area contributed by atoms with E-state index >= 15 is 0 Å². The zero-order valence-electron chi connectivity index (χ0n) is 11.7. The molecule has 1 aliphatic rings. The smallest absolute Gasteiger partial charge is 0.220 e. The molecule has 3 N–H and O–H groups in total. The van der Waals surface area contributed by atoms with Gasteiger partial charge in [0.25, 0.3) is 0 Å². The topological polar surface area (TPSA) is 55.1 Å². The van der Waals surface area contributed by atoms with E-state index in [1.54, 1.807) is 0 Å². The number of nitrogens with one attached hydrogen (secondary N) is 1. The van der Waals surface area contributed by atoms with Crippen molar-refractivity contribution in [2.45, 2.75) is 57.4 Å². The minimum atomic E-state index is 0.0243. The van der Waals surface area contributed by atoms with Gasteiger partial charge in [-0.3, -0.25) is 4.79 Å². The molecule has 0 bridgehead atoms. The fourth-order valence-corrected chi connectivity index (χ4v) is 2.80. The van der Waals surface area contributed by atoms with Crippen LogP contribution in [0.5, 0.6) is 0 Å². The average molecular weight is 260 g/mol. The molecule has 1 fully saturated rings. The highest BCUT2D eigenvalue weighted by Gasteiger charge is 2.27. The third-order valence-corrected chi connectivity index (χ3v) is 4.02. The molecule has 0 aliphatic heterocycles. The van der Waals surface area contributed by atoms with E-state index in [1.807, 2.05) is 24.3 Å². The number of aryl methyl sites for hydroxylation is 1. The van der Waals surface area contributed by atoms with Crippen LogP contribution in [0.1, 0.15) is 51.0 Å². The summed E-state index contributed by atoms with van der Waals surface area (Å²) in [6, 6.07) is 7.75. The Hall–Kier alpha value is -1.51. The van der Waals surface area contributed by atoms with E-state index in [9.17, 15) is 4.79 Å². The maximum Gasteiger partial charge on any atom is 0.220 e. The van der Waals surface area contributed by atoms with Gasteiger partial charge in [-0.1, -0.05) is 31.4 Å². The van der Waals surface area contributed by atoms with Gasteiger partial charge < -0.3 is 11.1 Å². The van der Waals surface area contributed by atoms with Crippen LogP contribution in [0, 0.1) is 0 Å². The van der Waals surface area contributed by atoms with Crippen molar-refractivity contribution >= 4 is 11.6 Å². The molecule has 104 valence electrons. The van der Waals surface area contributed by atoms with Crippen molar-refractivity contribution in [1.82, 2.24) is 5.32 Å². The van der Waals surface area contributed by atoms with Crippen molar-refractivity contribution in [3.8, 4) is 0 Å². The van der Waals surface area contributed by atoms with E-state index in [0.717, 1.165) is 30.5 Å². The summed E-state index contributed by atoms with van der Waals surface area (Å²) in [6.07, 6.45) is 7.32. The molecule has 1 amide bonds. The molecular weight excluding hydrogens is 236 g/mol. The van der Waals surface area contributed by atoms with E-state index in [4.69, 9.17) is 5.73 Å². The minimum absolute atomic E-state index is 0.0243. The quantitative estimate of drug-likeness (QED) is 0.818. The molecule has 0 radical (unpaired) electrons. The summed E-state index contributed by atoms with van der Waals surface area (Å²) in [5.41, 5.74) is 7.60. The highest BCUT2D eigenvalue weighted by Crippen LogP contribution is 2.27. The number of benzene rings is 1. The number of nitrogens with two attached hydrogens (primary N) is 1. The van der Waals surface area contributed by atoms with Crippen LogP contribution in [0.25, 0.3) is 0 Å². The third-order valence-electron chi connectivity index (χ3n) is 4.02. The van der Waals surface area contributed by atoms with Crippen LogP contribution in [0.2, 0.25) is 0 Å². The molecule has 0 unspecified atom stereocenters. The SMILES string of the molecule is CC1(NC(=O)CCc2ccc(N)cc2)CCCCC1. The second-order valence-electron chi connectivity index (χ2n) is 5.91. The Labute approximate surface area is 115 Å². The number of hydrogen-bond donors (Lipinski definition) is 2. The Bertz CT molecular complexity index is 419. The van der Waals surface area contributed by atoms with Crippen LogP contribution in [0.4, 0.5) is 5.69 Å². The van der Waals surface area contributed by atoms with E-state index in [2.05, 4.69) is 12.2 Å². The molecule has 0 heterocycles. The number of carbonyl (C=O) groups excluding carboxylic acids is 1. The van der Waals surface area contributed by atoms with Gasteiger partial charge in [-0.05, 0) is 43.9 Å². The summed E-state index contributed by atoms with van der Waals surface area (Å²) in [5, 5.41) is 3.21. The molecule has 19 heavy (non-hydrogen) atoms. The van der Waals surface area contributed by atoms with Crippen LogP contribution < -0.4 is 11.1 Å². The van der Waals surface area contributed by atoms with Gasteiger partial charge in [0.15, 0.2) is 0 Å². The van der Waals surface area contributed by atoms with Gasteiger partial charge in [0.1, 0.15) is 0 Å². The normalized spacial score (nSPS) is 17.9. The maximum atomic E-state index is 12.0. The molecule has 2 rings (SSSR count). The second kappa shape index (κ2) is 6.09. The first kappa shape index (κ1) is 13.9. The van der Waals surface area contributed by atoms with E-state index in [1.165, 1.54) is 19.3 Å². The average Bonchev–Trinajstić information content (AvgIpc) is 2.38. The van der Waals surface area contributed by atoms with Gasteiger partial charge in [0.05, 0.1) is 0 Å². The van der Waals surface area contributed by atoms with Crippen molar-refractivity contribution in [1.29, 1.82) is 0 Å². The summed E-state index contributed by atoms with van der Waals surface area (Å²) in [4.78, 5) is 12.0. The first-order chi connectivity index (χ1) is 9.07. The molecule has 0 atom stereocenters. The van der Waals surface area contributed by atoms with Gasteiger partial charge in [0.2, 0.25) is 5.91 Å². The first-order valence-electron chi connectivity index (χ1n) is 7.23. The lowest BCUT2D eigenvalue weighted by atomic mass is 9.83. The van der Waals surface area contributed by atoms with E-state index in [-0.39, 0.29) is 11.4 Å². The number of anilines is 1. The van der Waals surface area contributed by atoms with Crippen molar-refractivity contribution < 1.29 is 4.79 Å². The van der Waals surface area contributed by atoms with E-state index in [0.29, 0.717) is 6.42 Å². The van der Waals surface area contributed by atoms with Crippen molar-refractivity contribution in [2.75, 3.05) is 5.73 Å². The molecule has 3 nitrogen and oxygen atoms in total. The molecule has 1 saturated carbocycles. The highest BCUT2D eigenvalue weighted by molar-refractivity contribution is 5.77. The number of nitrogen functional groups attached to an aromatic ring is 1. The molecular formula is C16H24N2O. The summed E-state index contributed by atoms with van der Waals surface area (Å²) in [7, 11) is 0. The largest absolute Gasteiger partial charge is 0.399 e. The van der Waals surface area contributed by atoms with Gasteiger partial charge >= 0.3 is 0 Å². The molecule has 3 heteroatoms. The van der Waals surface area contributed by atoms with Crippen LogP contribution in [-0.2, 0) is 11.2 Å². The molecule has 0 saturated heterocycles. The summed E-state index contributed by atoms with van der Waals surface area (Å²) in [5.74, 6) is 0.168. The molecule has 1 aromatic rings. The zero-order chi connectivity index (χ0) is 13.7. The van der Waals surface area contributed by atoms with Gasteiger partial charge in [-0.25, -0.2) is 0 Å². The van der Waals surface area contributed by atoms with E-state index < -0.39 is 0 Å². The lowest BCUT2D eigenvalue weighted by Crippen LogP contribution is -2.47.